The van der Waals surface area contributed by atoms with E-state index in [0.29, 0.717) is 6.42 Å². The molecule has 3 nitrogen and oxygen atoms in total. The third-order valence-corrected chi connectivity index (χ3v) is 4.28. The first-order valence-corrected chi connectivity index (χ1v) is 6.76. The molecule has 1 fully saturated rings. The second-order valence-corrected chi connectivity index (χ2v) is 5.58. The van der Waals surface area contributed by atoms with E-state index in [1.807, 2.05) is 24.4 Å². The Bertz CT molecular complexity index is 424. The summed E-state index contributed by atoms with van der Waals surface area (Å²) >= 11 is 1.46. The molecule has 2 rings (SSSR count). The zero-order valence-corrected chi connectivity index (χ0v) is 11.1. The molecular weight excluding hydrogens is 258 g/mol. The molecule has 100 valence electrons. The van der Waals surface area contributed by atoms with Crippen molar-refractivity contribution < 1.29 is 13.6 Å². The standard InChI is InChI=1S/C12H16F2N2OS/c1-3-12(2)11(17)16(7-9(13)14)10(15-12)8-5-4-6-18-8/h4-6,9-10,15H,3,7H2,1-2H3. The number of halogens is 2. The van der Waals surface area contributed by atoms with Gasteiger partial charge in [-0.05, 0) is 24.8 Å². The van der Waals surface area contributed by atoms with Crippen molar-refractivity contribution in [3.63, 3.8) is 0 Å². The second kappa shape index (κ2) is 4.93. The van der Waals surface area contributed by atoms with Crippen LogP contribution >= 0.6 is 11.3 Å². The highest BCUT2D eigenvalue weighted by molar-refractivity contribution is 7.10. The Kier molecular flexibility index (Phi) is 3.68. The van der Waals surface area contributed by atoms with Crippen molar-refractivity contribution in [2.45, 2.75) is 38.4 Å². The fourth-order valence-corrected chi connectivity index (χ4v) is 2.92. The Morgan fingerprint density at radius 2 is 2.33 bits per heavy atom. The van der Waals surface area contributed by atoms with Gasteiger partial charge in [0.1, 0.15) is 6.17 Å². The molecule has 1 aromatic heterocycles. The van der Waals surface area contributed by atoms with Crippen LogP contribution in [0, 0.1) is 0 Å². The van der Waals surface area contributed by atoms with Gasteiger partial charge in [-0.2, -0.15) is 0 Å². The lowest BCUT2D eigenvalue weighted by atomic mass is 9.99. The van der Waals surface area contributed by atoms with Crippen LogP contribution in [0.5, 0.6) is 0 Å². The molecule has 0 bridgehead atoms. The Morgan fingerprint density at radius 3 is 2.83 bits per heavy atom. The normalized spacial score (nSPS) is 28.4. The van der Waals surface area contributed by atoms with E-state index in [1.165, 1.54) is 16.2 Å². The summed E-state index contributed by atoms with van der Waals surface area (Å²) in [5, 5.41) is 5.06. The van der Waals surface area contributed by atoms with Crippen molar-refractivity contribution in [3.8, 4) is 0 Å². The van der Waals surface area contributed by atoms with Crippen molar-refractivity contribution in [3.05, 3.63) is 22.4 Å². The first-order chi connectivity index (χ1) is 8.48. The van der Waals surface area contributed by atoms with Crippen molar-refractivity contribution in [2.24, 2.45) is 0 Å². The Labute approximate surface area is 109 Å². The molecule has 1 amide bonds. The van der Waals surface area contributed by atoms with Gasteiger partial charge in [-0.3, -0.25) is 10.1 Å². The Morgan fingerprint density at radius 1 is 1.61 bits per heavy atom. The molecule has 0 aromatic carbocycles. The summed E-state index contributed by atoms with van der Waals surface area (Å²) in [7, 11) is 0. The minimum absolute atomic E-state index is 0.247. The molecule has 2 unspecified atom stereocenters. The number of nitrogens with one attached hydrogen (secondary N) is 1. The minimum Gasteiger partial charge on any atom is -0.315 e. The van der Waals surface area contributed by atoms with E-state index in [9.17, 15) is 13.6 Å². The van der Waals surface area contributed by atoms with E-state index in [0.717, 1.165) is 4.88 Å². The third-order valence-electron chi connectivity index (χ3n) is 3.35. The summed E-state index contributed by atoms with van der Waals surface area (Å²) in [5.74, 6) is -0.247. The number of carbonyl (C=O) groups is 1. The maximum atomic E-state index is 12.6. The van der Waals surface area contributed by atoms with Crippen LogP contribution in [0.15, 0.2) is 17.5 Å². The van der Waals surface area contributed by atoms with Gasteiger partial charge in [-0.25, -0.2) is 8.78 Å². The Balaban J connectivity index is 2.29. The Hall–Kier alpha value is -1.01. The van der Waals surface area contributed by atoms with Gasteiger partial charge in [-0.1, -0.05) is 13.0 Å². The third kappa shape index (κ3) is 2.27. The largest absolute Gasteiger partial charge is 0.315 e. The fourth-order valence-electron chi connectivity index (χ4n) is 2.14. The molecule has 0 spiro atoms. The fraction of sp³-hybridized carbons (Fsp3) is 0.583. The molecule has 1 aromatic rings. The topological polar surface area (TPSA) is 32.3 Å². The maximum absolute atomic E-state index is 12.6. The van der Waals surface area contributed by atoms with Gasteiger partial charge in [-0.15, -0.1) is 11.3 Å². The van der Waals surface area contributed by atoms with Crippen molar-refractivity contribution in [2.75, 3.05) is 6.54 Å². The zero-order valence-electron chi connectivity index (χ0n) is 10.3. The molecule has 1 saturated heterocycles. The quantitative estimate of drug-likeness (QED) is 0.915. The summed E-state index contributed by atoms with van der Waals surface area (Å²) in [5.41, 5.74) is -0.746. The number of thiophene rings is 1. The number of nitrogens with zero attached hydrogens (tertiary/aromatic N) is 1. The predicted octanol–water partition coefficient (Wildman–Crippen LogP) is 2.61. The van der Waals surface area contributed by atoms with Crippen molar-refractivity contribution in [1.29, 1.82) is 0 Å². The molecule has 6 heteroatoms. The summed E-state index contributed by atoms with van der Waals surface area (Å²) in [6, 6.07) is 3.71. The van der Waals surface area contributed by atoms with Crippen LogP contribution in [-0.2, 0) is 4.79 Å². The summed E-state index contributed by atoms with van der Waals surface area (Å²) < 4.78 is 25.2. The van der Waals surface area contributed by atoms with Gasteiger partial charge in [0, 0.05) is 4.88 Å². The predicted molar refractivity (Wildman–Crippen MR) is 66.6 cm³/mol. The van der Waals surface area contributed by atoms with Gasteiger partial charge in [0.2, 0.25) is 5.91 Å². The molecule has 0 radical (unpaired) electrons. The number of hydrogen-bond donors (Lipinski definition) is 1. The smallest absolute Gasteiger partial charge is 0.255 e. The highest BCUT2D eigenvalue weighted by Gasteiger charge is 2.48. The molecule has 1 aliphatic heterocycles. The number of carbonyl (C=O) groups excluding carboxylic acids is 1. The van der Waals surface area contributed by atoms with Crippen LogP contribution in [0.25, 0.3) is 0 Å². The van der Waals surface area contributed by atoms with E-state index in [1.54, 1.807) is 6.92 Å². The van der Waals surface area contributed by atoms with Crippen LogP contribution in [-0.4, -0.2) is 29.3 Å². The van der Waals surface area contributed by atoms with Crippen LogP contribution in [0.2, 0.25) is 0 Å². The number of amides is 1. The van der Waals surface area contributed by atoms with Crippen LogP contribution < -0.4 is 5.32 Å². The summed E-state index contributed by atoms with van der Waals surface area (Å²) in [6.45, 7) is 3.12. The van der Waals surface area contributed by atoms with E-state index in [4.69, 9.17) is 0 Å². The van der Waals surface area contributed by atoms with Gasteiger partial charge in [0.15, 0.2) is 0 Å². The zero-order chi connectivity index (χ0) is 13.3. The summed E-state index contributed by atoms with van der Waals surface area (Å²) in [4.78, 5) is 14.4. The molecule has 18 heavy (non-hydrogen) atoms. The van der Waals surface area contributed by atoms with Gasteiger partial charge >= 0.3 is 0 Å². The van der Waals surface area contributed by atoms with Gasteiger partial charge in [0.05, 0.1) is 12.1 Å². The molecular formula is C12H16F2N2OS. The number of rotatable bonds is 4. The average Bonchev–Trinajstić information content (AvgIpc) is 2.91. The molecule has 2 atom stereocenters. The first-order valence-electron chi connectivity index (χ1n) is 5.88. The second-order valence-electron chi connectivity index (χ2n) is 4.60. The number of hydrogen-bond acceptors (Lipinski definition) is 3. The van der Waals surface area contributed by atoms with E-state index >= 15 is 0 Å². The lowest BCUT2D eigenvalue weighted by Gasteiger charge is -2.22. The maximum Gasteiger partial charge on any atom is 0.255 e. The van der Waals surface area contributed by atoms with Gasteiger partial charge < -0.3 is 4.90 Å². The van der Waals surface area contributed by atoms with E-state index < -0.39 is 24.7 Å². The highest BCUT2D eigenvalue weighted by Crippen LogP contribution is 2.34. The van der Waals surface area contributed by atoms with Crippen LogP contribution in [0.3, 0.4) is 0 Å². The molecule has 2 heterocycles. The van der Waals surface area contributed by atoms with E-state index in [2.05, 4.69) is 5.32 Å². The lowest BCUT2D eigenvalue weighted by molar-refractivity contribution is -0.134. The van der Waals surface area contributed by atoms with Crippen molar-refractivity contribution >= 4 is 17.2 Å². The van der Waals surface area contributed by atoms with Crippen LogP contribution in [0.1, 0.15) is 31.3 Å². The van der Waals surface area contributed by atoms with Gasteiger partial charge in [0.25, 0.3) is 6.43 Å². The SMILES string of the molecule is CCC1(C)NC(c2cccs2)N(CC(F)F)C1=O. The molecule has 1 aliphatic rings. The minimum atomic E-state index is -2.52. The highest BCUT2D eigenvalue weighted by atomic mass is 32.1. The summed E-state index contributed by atoms with van der Waals surface area (Å²) in [6.07, 6.45) is -2.37. The molecule has 0 aliphatic carbocycles. The van der Waals surface area contributed by atoms with E-state index in [-0.39, 0.29) is 5.91 Å². The monoisotopic (exact) mass is 274 g/mol. The number of alkyl halides is 2. The average molecular weight is 274 g/mol. The first kappa shape index (κ1) is 13.4. The van der Waals surface area contributed by atoms with Crippen molar-refractivity contribution in [1.82, 2.24) is 10.2 Å². The molecule has 1 N–H and O–H groups in total. The van der Waals surface area contributed by atoms with Crippen LogP contribution in [0.4, 0.5) is 8.78 Å². The molecule has 0 saturated carbocycles. The lowest BCUT2D eigenvalue weighted by Crippen LogP contribution is -2.43.